The SMILES string of the molecule is N#CCCCC(=O)NC1CCC(CCN2CC=C(c3cccc(C(F)(F)F)c3)CC2)CC1. The molecule has 0 spiro atoms. The fraction of sp³-hybridized carbons (Fsp3) is 0.600. The van der Waals surface area contributed by atoms with Crippen molar-refractivity contribution in [2.45, 2.75) is 70.0 Å². The second-order valence-corrected chi connectivity index (χ2v) is 8.94. The lowest BCUT2D eigenvalue weighted by Gasteiger charge is -2.32. The van der Waals surface area contributed by atoms with Crippen LogP contribution in [0.25, 0.3) is 5.57 Å². The average Bonchev–Trinajstić information content (AvgIpc) is 2.79. The van der Waals surface area contributed by atoms with Crippen molar-refractivity contribution in [2.24, 2.45) is 5.92 Å². The summed E-state index contributed by atoms with van der Waals surface area (Å²) in [5, 5.41) is 11.7. The van der Waals surface area contributed by atoms with Crippen molar-refractivity contribution in [1.29, 1.82) is 5.26 Å². The first-order valence-corrected chi connectivity index (χ1v) is 11.6. The number of benzene rings is 1. The van der Waals surface area contributed by atoms with Crippen LogP contribution >= 0.6 is 0 Å². The quantitative estimate of drug-likeness (QED) is 0.532. The Bertz CT molecular complexity index is 836. The number of hydrogen-bond donors (Lipinski definition) is 1. The Morgan fingerprint density at radius 1 is 1.22 bits per heavy atom. The molecule has 3 rings (SSSR count). The van der Waals surface area contributed by atoms with Gasteiger partial charge in [-0.15, -0.1) is 0 Å². The van der Waals surface area contributed by atoms with Crippen molar-refractivity contribution in [2.75, 3.05) is 19.6 Å². The third-order valence-corrected chi connectivity index (χ3v) is 6.61. The monoisotopic (exact) mass is 447 g/mol. The number of unbranched alkanes of at least 4 members (excludes halogenated alkanes) is 1. The van der Waals surface area contributed by atoms with Crippen molar-refractivity contribution >= 4 is 11.5 Å². The number of hydrogen-bond acceptors (Lipinski definition) is 3. The number of alkyl halides is 3. The highest BCUT2D eigenvalue weighted by atomic mass is 19.4. The van der Waals surface area contributed by atoms with Crippen molar-refractivity contribution in [1.82, 2.24) is 10.2 Å². The summed E-state index contributed by atoms with van der Waals surface area (Å²) in [4.78, 5) is 14.3. The summed E-state index contributed by atoms with van der Waals surface area (Å²) < 4.78 is 38.9. The molecular weight excluding hydrogens is 415 g/mol. The van der Waals surface area contributed by atoms with Gasteiger partial charge in [-0.05, 0) is 80.7 Å². The lowest BCUT2D eigenvalue weighted by atomic mass is 9.84. The van der Waals surface area contributed by atoms with Gasteiger partial charge < -0.3 is 5.32 Å². The van der Waals surface area contributed by atoms with E-state index in [9.17, 15) is 18.0 Å². The lowest BCUT2D eigenvalue weighted by Crippen LogP contribution is -2.38. The zero-order valence-electron chi connectivity index (χ0n) is 18.5. The third-order valence-electron chi connectivity index (χ3n) is 6.61. The predicted molar refractivity (Wildman–Crippen MR) is 118 cm³/mol. The zero-order valence-corrected chi connectivity index (χ0v) is 18.5. The number of carbonyl (C=O) groups excluding carboxylic acids is 1. The van der Waals surface area contributed by atoms with Gasteiger partial charge in [0.2, 0.25) is 5.91 Å². The van der Waals surface area contributed by atoms with E-state index in [1.165, 1.54) is 12.1 Å². The van der Waals surface area contributed by atoms with Crippen molar-refractivity contribution in [3.8, 4) is 6.07 Å². The van der Waals surface area contributed by atoms with Gasteiger partial charge in [0.1, 0.15) is 0 Å². The Labute approximate surface area is 188 Å². The number of nitriles is 1. The van der Waals surface area contributed by atoms with Crippen LogP contribution in [-0.4, -0.2) is 36.5 Å². The molecule has 0 aromatic heterocycles. The largest absolute Gasteiger partial charge is 0.416 e. The molecule has 2 aliphatic rings. The maximum atomic E-state index is 13.0. The van der Waals surface area contributed by atoms with Gasteiger partial charge in [-0.25, -0.2) is 0 Å². The minimum atomic E-state index is -4.31. The van der Waals surface area contributed by atoms with Crippen molar-refractivity contribution < 1.29 is 18.0 Å². The maximum Gasteiger partial charge on any atom is 0.416 e. The molecular formula is C25H32F3N3O. The van der Waals surface area contributed by atoms with E-state index in [0.717, 1.165) is 69.8 Å². The zero-order chi connectivity index (χ0) is 23.0. The first-order chi connectivity index (χ1) is 15.3. The van der Waals surface area contributed by atoms with Gasteiger partial charge >= 0.3 is 6.18 Å². The molecule has 4 nitrogen and oxygen atoms in total. The molecule has 32 heavy (non-hydrogen) atoms. The molecule has 0 saturated heterocycles. The summed E-state index contributed by atoms with van der Waals surface area (Å²) in [5.74, 6) is 0.718. The molecule has 7 heteroatoms. The predicted octanol–water partition coefficient (Wildman–Crippen LogP) is 5.55. The number of nitrogens with zero attached hydrogens (tertiary/aromatic N) is 2. The summed E-state index contributed by atoms with van der Waals surface area (Å²) in [6, 6.07) is 7.94. The molecule has 174 valence electrons. The first kappa shape index (κ1) is 24.3. The van der Waals surface area contributed by atoms with Crippen LogP contribution in [0.1, 0.15) is 68.9 Å². The minimum Gasteiger partial charge on any atom is -0.353 e. The van der Waals surface area contributed by atoms with E-state index < -0.39 is 11.7 Å². The molecule has 1 aromatic rings. The smallest absolute Gasteiger partial charge is 0.353 e. The summed E-state index contributed by atoms with van der Waals surface area (Å²) >= 11 is 0. The van der Waals surface area contributed by atoms with Crippen molar-refractivity contribution in [3.63, 3.8) is 0 Å². The highest BCUT2D eigenvalue weighted by molar-refractivity contribution is 5.76. The fourth-order valence-corrected chi connectivity index (χ4v) is 4.66. The van der Waals surface area contributed by atoms with Crippen LogP contribution in [0.3, 0.4) is 0 Å². The van der Waals surface area contributed by atoms with E-state index in [1.54, 1.807) is 6.07 Å². The van der Waals surface area contributed by atoms with Gasteiger partial charge in [0, 0.05) is 32.0 Å². The van der Waals surface area contributed by atoms with Gasteiger partial charge in [0.25, 0.3) is 0 Å². The van der Waals surface area contributed by atoms with Crippen LogP contribution in [0.2, 0.25) is 0 Å². The number of rotatable bonds is 8. The number of amides is 1. The van der Waals surface area contributed by atoms with E-state index in [-0.39, 0.29) is 11.9 Å². The maximum absolute atomic E-state index is 13.0. The molecule has 1 fully saturated rings. The number of carbonyl (C=O) groups is 1. The van der Waals surface area contributed by atoms with Gasteiger partial charge in [-0.3, -0.25) is 9.69 Å². The number of halogens is 3. The molecule has 0 bridgehead atoms. The minimum absolute atomic E-state index is 0.0559. The molecule has 1 aromatic carbocycles. The Hall–Kier alpha value is -2.33. The molecule has 1 N–H and O–H groups in total. The summed E-state index contributed by atoms with van der Waals surface area (Å²) in [6.07, 6.45) is 5.37. The Balaban J connectivity index is 1.37. The molecule has 0 unspecified atom stereocenters. The Morgan fingerprint density at radius 2 is 2.00 bits per heavy atom. The first-order valence-electron chi connectivity index (χ1n) is 11.6. The highest BCUT2D eigenvalue weighted by Gasteiger charge is 2.30. The molecule has 1 aliphatic carbocycles. The second kappa shape index (κ2) is 11.5. The molecule has 0 atom stereocenters. The number of nitrogens with one attached hydrogen (secondary N) is 1. The van der Waals surface area contributed by atoms with E-state index >= 15 is 0 Å². The lowest BCUT2D eigenvalue weighted by molar-refractivity contribution is -0.137. The summed E-state index contributed by atoms with van der Waals surface area (Å²) in [5.41, 5.74) is 1.08. The van der Waals surface area contributed by atoms with Crippen molar-refractivity contribution in [3.05, 3.63) is 41.5 Å². The van der Waals surface area contributed by atoms with Gasteiger partial charge in [0.15, 0.2) is 0 Å². The van der Waals surface area contributed by atoms with Gasteiger partial charge in [-0.2, -0.15) is 18.4 Å². The molecule has 1 amide bonds. The summed E-state index contributed by atoms with van der Waals surface area (Å²) in [6.45, 7) is 2.65. The van der Waals surface area contributed by atoms with Gasteiger partial charge in [-0.1, -0.05) is 18.2 Å². The molecule has 1 aliphatic heterocycles. The fourth-order valence-electron chi connectivity index (χ4n) is 4.66. The van der Waals surface area contributed by atoms with Gasteiger partial charge in [0.05, 0.1) is 11.6 Å². The van der Waals surface area contributed by atoms with E-state index in [0.29, 0.717) is 30.7 Å². The Morgan fingerprint density at radius 3 is 2.66 bits per heavy atom. The van der Waals surface area contributed by atoms with Crippen LogP contribution in [0, 0.1) is 17.2 Å². The van der Waals surface area contributed by atoms with E-state index in [2.05, 4.69) is 22.4 Å². The normalized spacial score (nSPS) is 22.1. The van der Waals surface area contributed by atoms with E-state index in [1.807, 2.05) is 0 Å². The third kappa shape index (κ3) is 7.37. The van der Waals surface area contributed by atoms with Crippen LogP contribution in [-0.2, 0) is 11.0 Å². The Kier molecular flexibility index (Phi) is 8.75. The summed E-state index contributed by atoms with van der Waals surface area (Å²) in [7, 11) is 0. The van der Waals surface area contributed by atoms with Crippen LogP contribution in [0.5, 0.6) is 0 Å². The topological polar surface area (TPSA) is 56.1 Å². The van der Waals surface area contributed by atoms with Crippen LogP contribution in [0.4, 0.5) is 13.2 Å². The van der Waals surface area contributed by atoms with Crippen LogP contribution < -0.4 is 5.32 Å². The molecule has 0 radical (unpaired) electrons. The highest BCUT2D eigenvalue weighted by Crippen LogP contribution is 2.32. The standard InChI is InChI=1S/C25H32F3N3O/c26-25(27,28)22-5-3-4-21(18-22)20-12-16-31(17-13-20)15-11-19-7-9-23(10-8-19)30-24(32)6-1-2-14-29/h3-5,12,18-19,23H,1-2,6-11,13,15-17H2,(H,30,32). The molecule has 1 heterocycles. The average molecular weight is 448 g/mol. The molecule has 1 saturated carbocycles. The second-order valence-electron chi connectivity index (χ2n) is 8.94. The van der Waals surface area contributed by atoms with E-state index in [4.69, 9.17) is 5.26 Å². The van der Waals surface area contributed by atoms with Crippen LogP contribution in [0.15, 0.2) is 30.3 Å².